The molecule has 0 aliphatic heterocycles. The van der Waals surface area contributed by atoms with E-state index in [9.17, 15) is 4.79 Å². The summed E-state index contributed by atoms with van der Waals surface area (Å²) in [6, 6.07) is 14.8. The van der Waals surface area contributed by atoms with Gasteiger partial charge in [0.05, 0.1) is 11.6 Å². The lowest BCUT2D eigenvalue weighted by Crippen LogP contribution is -2.37. The minimum Gasteiger partial charge on any atom is -0.479 e. The molecule has 1 N–H and O–H groups in total. The minimum absolute atomic E-state index is 0.125. The van der Waals surface area contributed by atoms with Gasteiger partial charge in [0.2, 0.25) is 11.7 Å². The molecule has 3 aromatic rings. The van der Waals surface area contributed by atoms with Gasteiger partial charge < -0.3 is 14.6 Å². The summed E-state index contributed by atoms with van der Waals surface area (Å²) in [5.41, 5.74) is 2.01. The van der Waals surface area contributed by atoms with E-state index in [0.29, 0.717) is 28.9 Å². The average molecular weight is 386 g/mol. The van der Waals surface area contributed by atoms with Gasteiger partial charge in [-0.3, -0.25) is 4.79 Å². The van der Waals surface area contributed by atoms with Gasteiger partial charge in [0, 0.05) is 5.56 Å². The fourth-order valence-electron chi connectivity index (χ4n) is 2.44. The summed E-state index contributed by atoms with van der Waals surface area (Å²) in [6.07, 6.45) is -0.167. The fraction of sp³-hybridized carbons (Fsp3) is 0.250. The Hall–Kier alpha value is -2.86. The van der Waals surface area contributed by atoms with Gasteiger partial charge in [-0.1, -0.05) is 65.6 Å². The molecule has 7 heteroatoms. The third-order valence-corrected chi connectivity index (χ3v) is 4.27. The largest absolute Gasteiger partial charge is 0.479 e. The number of ether oxygens (including phenoxy) is 1. The zero-order chi connectivity index (χ0) is 19.2. The van der Waals surface area contributed by atoms with Gasteiger partial charge in [-0.05, 0) is 25.5 Å². The zero-order valence-electron chi connectivity index (χ0n) is 15.1. The summed E-state index contributed by atoms with van der Waals surface area (Å²) in [7, 11) is 0. The van der Waals surface area contributed by atoms with Crippen molar-refractivity contribution in [2.24, 2.45) is 0 Å². The number of benzene rings is 2. The van der Waals surface area contributed by atoms with Gasteiger partial charge in [0.15, 0.2) is 6.10 Å². The van der Waals surface area contributed by atoms with Crippen molar-refractivity contribution in [3.8, 4) is 17.1 Å². The van der Waals surface area contributed by atoms with E-state index in [2.05, 4.69) is 15.5 Å². The Balaban J connectivity index is 1.59. The van der Waals surface area contributed by atoms with Crippen LogP contribution in [-0.2, 0) is 11.3 Å². The first-order valence-corrected chi connectivity index (χ1v) is 9.03. The molecule has 0 fully saturated rings. The molecular weight excluding hydrogens is 366 g/mol. The molecule has 1 amide bonds. The highest BCUT2D eigenvalue weighted by Gasteiger charge is 2.20. The Morgan fingerprint density at radius 2 is 1.96 bits per heavy atom. The number of hydrogen-bond donors (Lipinski definition) is 1. The molecule has 0 saturated carbocycles. The standard InChI is InChI=1S/C20H20ClN3O3/c1-3-16(26-17-7-5-4-6-15(17)21)20(25)22-12-18-23-19(24-27-18)14-10-8-13(2)9-11-14/h4-11,16H,3,12H2,1-2H3,(H,22,25)/t16-/m0/s1. The van der Waals surface area contributed by atoms with Crippen LogP contribution in [0.4, 0.5) is 0 Å². The predicted octanol–water partition coefficient (Wildman–Crippen LogP) is 4.17. The molecule has 0 aliphatic rings. The van der Waals surface area contributed by atoms with E-state index < -0.39 is 6.10 Å². The molecule has 6 nitrogen and oxygen atoms in total. The van der Waals surface area contributed by atoms with E-state index in [1.54, 1.807) is 24.3 Å². The van der Waals surface area contributed by atoms with Crippen LogP contribution in [0.5, 0.6) is 5.75 Å². The van der Waals surface area contributed by atoms with Crippen LogP contribution < -0.4 is 10.1 Å². The molecule has 0 spiro atoms. The molecule has 140 valence electrons. The number of nitrogens with zero attached hydrogens (tertiary/aromatic N) is 2. The predicted molar refractivity (Wildman–Crippen MR) is 102 cm³/mol. The highest BCUT2D eigenvalue weighted by Crippen LogP contribution is 2.25. The smallest absolute Gasteiger partial charge is 0.261 e. The summed E-state index contributed by atoms with van der Waals surface area (Å²) < 4.78 is 10.9. The highest BCUT2D eigenvalue weighted by atomic mass is 35.5. The number of amides is 1. The average Bonchev–Trinajstić information content (AvgIpc) is 3.15. The van der Waals surface area contributed by atoms with Crippen LogP contribution in [0, 0.1) is 6.92 Å². The van der Waals surface area contributed by atoms with Gasteiger partial charge in [0.1, 0.15) is 5.75 Å². The van der Waals surface area contributed by atoms with E-state index >= 15 is 0 Å². The van der Waals surface area contributed by atoms with Gasteiger partial charge in [0.25, 0.3) is 5.91 Å². The van der Waals surface area contributed by atoms with Gasteiger partial charge >= 0.3 is 0 Å². The van der Waals surface area contributed by atoms with Crippen molar-refractivity contribution in [1.82, 2.24) is 15.5 Å². The molecule has 0 saturated heterocycles. The Labute approximate surface area is 162 Å². The minimum atomic E-state index is -0.663. The first-order chi connectivity index (χ1) is 13.1. The molecule has 27 heavy (non-hydrogen) atoms. The number of hydrogen-bond acceptors (Lipinski definition) is 5. The van der Waals surface area contributed by atoms with Crippen LogP contribution >= 0.6 is 11.6 Å². The molecule has 2 aromatic carbocycles. The summed E-state index contributed by atoms with van der Waals surface area (Å²) >= 11 is 6.08. The summed E-state index contributed by atoms with van der Waals surface area (Å²) in [6.45, 7) is 4.00. The molecule has 3 rings (SSSR count). The Bertz CT molecular complexity index is 909. The second-order valence-corrected chi connectivity index (χ2v) is 6.45. The lowest BCUT2D eigenvalue weighted by atomic mass is 10.1. The maximum absolute atomic E-state index is 12.4. The number of aryl methyl sites for hydroxylation is 1. The molecule has 1 heterocycles. The topological polar surface area (TPSA) is 77.2 Å². The van der Waals surface area contributed by atoms with Crippen LogP contribution in [0.15, 0.2) is 53.1 Å². The van der Waals surface area contributed by atoms with Crippen molar-refractivity contribution in [3.63, 3.8) is 0 Å². The van der Waals surface area contributed by atoms with E-state index in [4.69, 9.17) is 20.9 Å². The number of para-hydroxylation sites is 1. The number of rotatable bonds is 7. The summed E-state index contributed by atoms with van der Waals surface area (Å²) in [5, 5.41) is 7.17. The van der Waals surface area contributed by atoms with E-state index in [1.807, 2.05) is 38.1 Å². The van der Waals surface area contributed by atoms with Crippen molar-refractivity contribution in [3.05, 3.63) is 65.0 Å². The second kappa shape index (κ2) is 8.68. The lowest BCUT2D eigenvalue weighted by molar-refractivity contribution is -0.128. The SMILES string of the molecule is CC[C@H](Oc1ccccc1Cl)C(=O)NCc1nc(-c2ccc(C)cc2)no1. The highest BCUT2D eigenvalue weighted by molar-refractivity contribution is 6.32. The van der Waals surface area contributed by atoms with Crippen LogP contribution in [0.1, 0.15) is 24.8 Å². The van der Waals surface area contributed by atoms with Gasteiger partial charge in [-0.25, -0.2) is 0 Å². The van der Waals surface area contributed by atoms with Crippen molar-refractivity contribution >= 4 is 17.5 Å². The van der Waals surface area contributed by atoms with Crippen LogP contribution in [-0.4, -0.2) is 22.2 Å². The number of carbonyl (C=O) groups is 1. The number of nitrogens with one attached hydrogen (secondary N) is 1. The Morgan fingerprint density at radius 3 is 2.67 bits per heavy atom. The quantitative estimate of drug-likeness (QED) is 0.660. The molecule has 0 radical (unpaired) electrons. The number of aromatic nitrogens is 2. The summed E-state index contributed by atoms with van der Waals surface area (Å²) in [4.78, 5) is 16.7. The first-order valence-electron chi connectivity index (χ1n) is 8.65. The maximum Gasteiger partial charge on any atom is 0.261 e. The molecular formula is C20H20ClN3O3. The van der Waals surface area contributed by atoms with Crippen LogP contribution in [0.2, 0.25) is 5.02 Å². The van der Waals surface area contributed by atoms with Crippen molar-refractivity contribution in [1.29, 1.82) is 0 Å². The Kier molecular flexibility index (Phi) is 6.08. The lowest BCUT2D eigenvalue weighted by Gasteiger charge is -2.17. The maximum atomic E-state index is 12.4. The van der Waals surface area contributed by atoms with Crippen molar-refractivity contribution in [2.75, 3.05) is 0 Å². The Morgan fingerprint density at radius 1 is 1.22 bits per heavy atom. The third-order valence-electron chi connectivity index (χ3n) is 3.96. The van der Waals surface area contributed by atoms with E-state index in [-0.39, 0.29) is 12.5 Å². The van der Waals surface area contributed by atoms with Crippen molar-refractivity contribution < 1.29 is 14.1 Å². The molecule has 1 aromatic heterocycles. The van der Waals surface area contributed by atoms with Crippen LogP contribution in [0.25, 0.3) is 11.4 Å². The molecule has 0 unspecified atom stereocenters. The monoisotopic (exact) mass is 385 g/mol. The van der Waals surface area contributed by atoms with E-state index in [1.165, 1.54) is 0 Å². The molecule has 1 atom stereocenters. The number of carbonyl (C=O) groups excluding carboxylic acids is 1. The zero-order valence-corrected chi connectivity index (χ0v) is 15.9. The van der Waals surface area contributed by atoms with Crippen LogP contribution in [0.3, 0.4) is 0 Å². The molecule has 0 aliphatic carbocycles. The second-order valence-electron chi connectivity index (χ2n) is 6.04. The molecule has 0 bridgehead atoms. The van der Waals surface area contributed by atoms with E-state index in [0.717, 1.165) is 11.1 Å². The number of halogens is 1. The normalized spacial score (nSPS) is 11.8. The summed E-state index contributed by atoms with van der Waals surface area (Å²) in [5.74, 6) is 1.01. The third kappa shape index (κ3) is 4.86. The van der Waals surface area contributed by atoms with Gasteiger partial charge in [-0.2, -0.15) is 4.98 Å². The first kappa shape index (κ1) is 18.9. The van der Waals surface area contributed by atoms with Gasteiger partial charge in [-0.15, -0.1) is 0 Å². The fourth-order valence-corrected chi connectivity index (χ4v) is 2.62. The van der Waals surface area contributed by atoms with Crippen molar-refractivity contribution in [2.45, 2.75) is 32.9 Å².